The van der Waals surface area contributed by atoms with E-state index in [0.717, 1.165) is 35.0 Å². The third kappa shape index (κ3) is 3.93. The Bertz CT molecular complexity index is 825. The van der Waals surface area contributed by atoms with Crippen molar-refractivity contribution in [1.82, 2.24) is 25.3 Å². The molecule has 4 heterocycles. The van der Waals surface area contributed by atoms with E-state index in [1.54, 1.807) is 12.5 Å². The Hall–Kier alpha value is -2.93. The molecular formula is C20H25N7. The van der Waals surface area contributed by atoms with Crippen LogP contribution in [-0.4, -0.2) is 46.5 Å². The summed E-state index contributed by atoms with van der Waals surface area (Å²) >= 11 is 0. The highest BCUT2D eigenvalue weighted by molar-refractivity contribution is 5.84. The molecule has 2 aromatic heterocycles. The van der Waals surface area contributed by atoms with E-state index in [9.17, 15) is 0 Å². The van der Waals surface area contributed by atoms with E-state index < -0.39 is 0 Å². The number of hydrazine groups is 1. The fraction of sp³-hybridized carbons (Fsp3) is 0.350. The lowest BCUT2D eigenvalue weighted by Gasteiger charge is -2.29. The number of aromatic nitrogens is 3. The molecule has 0 atom stereocenters. The van der Waals surface area contributed by atoms with Crippen LogP contribution in [0.25, 0.3) is 5.57 Å². The highest BCUT2D eigenvalue weighted by Gasteiger charge is 2.22. The second-order valence-corrected chi connectivity index (χ2v) is 7.10. The Morgan fingerprint density at radius 3 is 2.93 bits per heavy atom. The minimum atomic E-state index is 0.693. The third-order valence-corrected chi connectivity index (χ3v) is 5.18. The van der Waals surface area contributed by atoms with Crippen molar-refractivity contribution in [2.75, 3.05) is 37.0 Å². The molecule has 0 amide bonds. The summed E-state index contributed by atoms with van der Waals surface area (Å²) in [4.78, 5) is 15.3. The van der Waals surface area contributed by atoms with E-state index in [-0.39, 0.29) is 0 Å². The van der Waals surface area contributed by atoms with Gasteiger partial charge in [-0.25, -0.2) is 15.0 Å². The zero-order chi connectivity index (χ0) is 18.6. The number of piperidine rings is 1. The molecule has 0 radical (unpaired) electrons. The van der Waals surface area contributed by atoms with E-state index in [1.165, 1.54) is 25.9 Å². The van der Waals surface area contributed by atoms with Crippen molar-refractivity contribution in [1.29, 1.82) is 0 Å². The second kappa shape index (κ2) is 7.75. The van der Waals surface area contributed by atoms with E-state index in [4.69, 9.17) is 0 Å². The molecule has 2 aliphatic rings. The monoisotopic (exact) mass is 363 g/mol. The fourth-order valence-corrected chi connectivity index (χ4v) is 3.47. The van der Waals surface area contributed by atoms with Gasteiger partial charge in [0.25, 0.3) is 0 Å². The van der Waals surface area contributed by atoms with Gasteiger partial charge in [0, 0.05) is 42.3 Å². The van der Waals surface area contributed by atoms with Gasteiger partial charge in [-0.15, -0.1) is 0 Å². The van der Waals surface area contributed by atoms with Crippen LogP contribution in [0.2, 0.25) is 0 Å². The maximum atomic E-state index is 4.40. The highest BCUT2D eigenvalue weighted by atomic mass is 15.5. The molecule has 0 saturated carbocycles. The van der Waals surface area contributed by atoms with E-state index >= 15 is 0 Å². The molecule has 2 aliphatic heterocycles. The average molecular weight is 363 g/mol. The summed E-state index contributed by atoms with van der Waals surface area (Å²) in [6.07, 6.45) is 9.56. The molecule has 4 rings (SSSR count). The summed E-state index contributed by atoms with van der Waals surface area (Å²) in [6.45, 7) is 7.49. The summed E-state index contributed by atoms with van der Waals surface area (Å²) in [6, 6.07) is 5.89. The molecule has 1 fully saturated rings. The molecule has 0 aliphatic carbocycles. The molecule has 7 nitrogen and oxygen atoms in total. The Kier molecular flexibility index (Phi) is 5.02. The first kappa shape index (κ1) is 17.5. The second-order valence-electron chi connectivity index (χ2n) is 7.10. The van der Waals surface area contributed by atoms with Crippen molar-refractivity contribution in [2.24, 2.45) is 5.92 Å². The average Bonchev–Trinajstić information content (AvgIpc) is 3.10. The molecule has 7 heteroatoms. The van der Waals surface area contributed by atoms with Gasteiger partial charge in [-0.1, -0.05) is 12.6 Å². The number of likely N-dealkylation sites (tertiary alicyclic amines) is 1. The van der Waals surface area contributed by atoms with E-state index in [0.29, 0.717) is 5.92 Å². The van der Waals surface area contributed by atoms with Crippen LogP contribution in [0, 0.1) is 5.92 Å². The molecule has 2 N–H and O–H groups in total. The summed E-state index contributed by atoms with van der Waals surface area (Å²) in [7, 11) is 2.18. The van der Waals surface area contributed by atoms with Crippen LogP contribution in [0.3, 0.4) is 0 Å². The van der Waals surface area contributed by atoms with Crippen LogP contribution in [0.15, 0.2) is 55.4 Å². The van der Waals surface area contributed by atoms with Gasteiger partial charge in [0.15, 0.2) is 5.82 Å². The topological polar surface area (TPSA) is 69.2 Å². The first-order chi connectivity index (χ1) is 13.2. The van der Waals surface area contributed by atoms with Crippen LogP contribution in [0.5, 0.6) is 0 Å². The normalized spacial score (nSPS) is 18.3. The van der Waals surface area contributed by atoms with Gasteiger partial charge in [0.05, 0.1) is 5.70 Å². The van der Waals surface area contributed by atoms with Gasteiger partial charge in [-0.05, 0) is 45.0 Å². The van der Waals surface area contributed by atoms with Gasteiger partial charge in [-0.3, -0.25) is 10.4 Å². The SMILES string of the molecule is C=C1C(c2cccnc2)=CNN1c1cc(NCC2CCN(C)CC2)ncn1. The van der Waals surface area contributed by atoms with Gasteiger partial charge in [0.1, 0.15) is 12.1 Å². The Labute approximate surface area is 159 Å². The maximum absolute atomic E-state index is 4.40. The number of rotatable bonds is 5. The highest BCUT2D eigenvalue weighted by Crippen LogP contribution is 2.30. The minimum Gasteiger partial charge on any atom is -0.370 e. The number of allylic oxidation sites excluding steroid dienone is 1. The third-order valence-electron chi connectivity index (χ3n) is 5.18. The zero-order valence-corrected chi connectivity index (χ0v) is 15.6. The molecule has 0 spiro atoms. The molecule has 1 saturated heterocycles. The lowest BCUT2D eigenvalue weighted by molar-refractivity contribution is 0.226. The van der Waals surface area contributed by atoms with Crippen molar-refractivity contribution in [3.63, 3.8) is 0 Å². The quantitative estimate of drug-likeness (QED) is 0.846. The standard InChI is InChI=1S/C20H25N7/c1-15-18(17-4-3-7-21-12-17)13-25-27(15)20-10-19(23-14-24-20)22-11-16-5-8-26(2)9-6-16/h3-4,7,10,12-14,16,25H,1,5-6,8-9,11H2,2H3,(H,22,23,24). The molecule has 0 bridgehead atoms. The zero-order valence-electron chi connectivity index (χ0n) is 15.6. The molecule has 2 aromatic rings. The van der Waals surface area contributed by atoms with Crippen molar-refractivity contribution in [3.05, 3.63) is 61.0 Å². The number of hydrogen-bond acceptors (Lipinski definition) is 7. The van der Waals surface area contributed by atoms with Crippen molar-refractivity contribution >= 4 is 17.2 Å². The molecule has 140 valence electrons. The summed E-state index contributed by atoms with van der Waals surface area (Å²) in [5.74, 6) is 2.29. The Morgan fingerprint density at radius 2 is 2.15 bits per heavy atom. The summed E-state index contributed by atoms with van der Waals surface area (Å²) in [5, 5.41) is 5.34. The number of anilines is 2. The molecule has 27 heavy (non-hydrogen) atoms. The molecule has 0 unspecified atom stereocenters. The number of pyridine rings is 1. The summed E-state index contributed by atoms with van der Waals surface area (Å²) in [5.41, 5.74) is 6.09. The number of nitrogens with one attached hydrogen (secondary N) is 2. The first-order valence-electron chi connectivity index (χ1n) is 9.31. The van der Waals surface area contributed by atoms with Crippen LogP contribution >= 0.6 is 0 Å². The van der Waals surface area contributed by atoms with Crippen LogP contribution < -0.4 is 15.8 Å². The minimum absolute atomic E-state index is 0.693. The Morgan fingerprint density at radius 1 is 1.30 bits per heavy atom. The van der Waals surface area contributed by atoms with Gasteiger partial charge in [0.2, 0.25) is 0 Å². The summed E-state index contributed by atoms with van der Waals surface area (Å²) < 4.78 is 0. The van der Waals surface area contributed by atoms with Gasteiger partial charge < -0.3 is 10.2 Å². The van der Waals surface area contributed by atoms with E-state index in [2.05, 4.69) is 44.2 Å². The fourth-order valence-electron chi connectivity index (χ4n) is 3.47. The van der Waals surface area contributed by atoms with Crippen LogP contribution in [-0.2, 0) is 0 Å². The maximum Gasteiger partial charge on any atom is 0.157 e. The molecule has 0 aromatic carbocycles. The van der Waals surface area contributed by atoms with Crippen molar-refractivity contribution in [2.45, 2.75) is 12.8 Å². The van der Waals surface area contributed by atoms with Crippen molar-refractivity contribution < 1.29 is 0 Å². The molecular weight excluding hydrogens is 338 g/mol. The first-order valence-corrected chi connectivity index (χ1v) is 9.31. The smallest absolute Gasteiger partial charge is 0.157 e. The lowest BCUT2D eigenvalue weighted by Crippen LogP contribution is -2.33. The van der Waals surface area contributed by atoms with Crippen LogP contribution in [0.1, 0.15) is 18.4 Å². The predicted molar refractivity (Wildman–Crippen MR) is 108 cm³/mol. The Balaban J connectivity index is 1.40. The van der Waals surface area contributed by atoms with E-state index in [1.807, 2.05) is 35.6 Å². The van der Waals surface area contributed by atoms with Gasteiger partial charge >= 0.3 is 0 Å². The number of hydrogen-bond donors (Lipinski definition) is 2. The lowest BCUT2D eigenvalue weighted by atomic mass is 9.97. The van der Waals surface area contributed by atoms with Gasteiger partial charge in [-0.2, -0.15) is 0 Å². The van der Waals surface area contributed by atoms with Crippen LogP contribution in [0.4, 0.5) is 11.6 Å². The largest absolute Gasteiger partial charge is 0.370 e. The van der Waals surface area contributed by atoms with Crippen molar-refractivity contribution in [3.8, 4) is 0 Å². The predicted octanol–water partition coefficient (Wildman–Crippen LogP) is 2.50. The number of nitrogens with zero attached hydrogens (tertiary/aromatic N) is 5.